The van der Waals surface area contributed by atoms with Gasteiger partial charge in [-0.15, -0.1) is 0 Å². The molecule has 132 valence electrons. The highest BCUT2D eigenvalue weighted by Crippen LogP contribution is 2.40. The summed E-state index contributed by atoms with van der Waals surface area (Å²) in [6.07, 6.45) is 10.5. The summed E-state index contributed by atoms with van der Waals surface area (Å²) in [6, 6.07) is 5.82. The number of pyridine rings is 1. The van der Waals surface area contributed by atoms with Gasteiger partial charge in [-0.2, -0.15) is 0 Å². The van der Waals surface area contributed by atoms with Gasteiger partial charge in [0.2, 0.25) is 0 Å². The van der Waals surface area contributed by atoms with Gasteiger partial charge < -0.3 is 4.74 Å². The Balaban J connectivity index is 1.40. The smallest absolute Gasteiger partial charge is 0.0480 e. The van der Waals surface area contributed by atoms with Crippen LogP contribution in [0.3, 0.4) is 0 Å². The Morgan fingerprint density at radius 3 is 2.71 bits per heavy atom. The van der Waals surface area contributed by atoms with E-state index in [1.807, 2.05) is 12.4 Å². The predicted octanol–water partition coefficient (Wildman–Crippen LogP) is 2.79. The monoisotopic (exact) mass is 329 g/mol. The van der Waals surface area contributed by atoms with Gasteiger partial charge in [-0.1, -0.05) is 6.42 Å². The van der Waals surface area contributed by atoms with Crippen LogP contribution in [-0.4, -0.2) is 60.2 Å². The van der Waals surface area contributed by atoms with Gasteiger partial charge in [0, 0.05) is 57.3 Å². The molecule has 3 heterocycles. The van der Waals surface area contributed by atoms with E-state index < -0.39 is 0 Å². The van der Waals surface area contributed by atoms with Crippen LogP contribution in [0.4, 0.5) is 0 Å². The van der Waals surface area contributed by atoms with Gasteiger partial charge in [0.1, 0.15) is 0 Å². The first-order chi connectivity index (χ1) is 11.8. The van der Waals surface area contributed by atoms with Crippen LogP contribution in [0.15, 0.2) is 24.5 Å². The molecule has 0 spiro atoms. The lowest BCUT2D eigenvalue weighted by Gasteiger charge is -2.39. The van der Waals surface area contributed by atoms with Gasteiger partial charge in [0.05, 0.1) is 0 Å². The second-order valence-electron chi connectivity index (χ2n) is 7.99. The molecule has 3 fully saturated rings. The van der Waals surface area contributed by atoms with E-state index in [2.05, 4.69) is 34.0 Å². The lowest BCUT2D eigenvalue weighted by molar-refractivity contribution is 0.0390. The van der Waals surface area contributed by atoms with Crippen molar-refractivity contribution in [2.75, 3.05) is 33.4 Å². The topological polar surface area (TPSA) is 28.6 Å². The Bertz CT molecular complexity index is 517. The number of rotatable bonds is 4. The molecule has 1 saturated carbocycles. The molecule has 0 bridgehead atoms. The van der Waals surface area contributed by atoms with E-state index in [1.54, 1.807) is 0 Å². The highest BCUT2D eigenvalue weighted by atomic mass is 16.5. The maximum absolute atomic E-state index is 5.56. The first-order valence-electron chi connectivity index (χ1n) is 9.72. The number of nitrogens with zero attached hydrogens (tertiary/aromatic N) is 3. The first-order valence-corrected chi connectivity index (χ1v) is 9.72. The van der Waals surface area contributed by atoms with Gasteiger partial charge in [0.15, 0.2) is 0 Å². The van der Waals surface area contributed by atoms with Crippen LogP contribution >= 0.6 is 0 Å². The Morgan fingerprint density at radius 1 is 1.12 bits per heavy atom. The lowest BCUT2D eigenvalue weighted by atomic mass is 9.77. The largest absolute Gasteiger partial charge is 0.381 e. The zero-order valence-electron chi connectivity index (χ0n) is 14.9. The van der Waals surface area contributed by atoms with Crippen molar-refractivity contribution in [3.05, 3.63) is 30.1 Å². The third kappa shape index (κ3) is 3.51. The number of ether oxygens (including phenoxy) is 1. The van der Waals surface area contributed by atoms with E-state index in [1.165, 1.54) is 50.8 Å². The number of hydrogen-bond donors (Lipinski definition) is 0. The summed E-state index contributed by atoms with van der Waals surface area (Å²) >= 11 is 0. The van der Waals surface area contributed by atoms with E-state index in [-0.39, 0.29) is 0 Å². The van der Waals surface area contributed by atoms with Gasteiger partial charge in [-0.05, 0) is 62.3 Å². The molecule has 24 heavy (non-hydrogen) atoms. The van der Waals surface area contributed by atoms with Crippen molar-refractivity contribution in [3.63, 3.8) is 0 Å². The normalized spacial score (nSPS) is 32.2. The van der Waals surface area contributed by atoms with Crippen LogP contribution in [0.25, 0.3) is 0 Å². The fourth-order valence-corrected chi connectivity index (χ4v) is 5.26. The molecule has 0 radical (unpaired) electrons. The van der Waals surface area contributed by atoms with E-state index in [9.17, 15) is 0 Å². The molecular formula is C20H31N3O. The molecule has 4 rings (SSSR count). The Hall–Kier alpha value is -0.970. The summed E-state index contributed by atoms with van der Waals surface area (Å²) in [5.74, 6) is 1.76. The Kier molecular flexibility index (Phi) is 5.16. The predicted molar refractivity (Wildman–Crippen MR) is 95.7 cm³/mol. The van der Waals surface area contributed by atoms with E-state index >= 15 is 0 Å². The minimum atomic E-state index is 0.738. The molecule has 0 aromatic carbocycles. The molecule has 1 unspecified atom stereocenters. The van der Waals surface area contributed by atoms with E-state index in [4.69, 9.17) is 4.74 Å². The van der Waals surface area contributed by atoms with Crippen LogP contribution in [0, 0.1) is 11.8 Å². The SMILES string of the molecule is CN(Cc1ccncc1)C1CCC[C@@H]2CN(C3CCOCC3)C[C@H]12. The maximum atomic E-state index is 5.56. The standard InChI is InChI=1S/C20H31N3O/c1-22(13-16-5-9-21-10-6-16)20-4-2-3-17-14-23(15-19(17)20)18-7-11-24-12-8-18/h5-6,9-10,17-20H,2-4,7-8,11-15H2,1H3/t17-,19+,20?/m1/s1. The molecular weight excluding hydrogens is 298 g/mol. The molecule has 2 saturated heterocycles. The molecule has 2 aliphatic heterocycles. The molecule has 1 aliphatic carbocycles. The van der Waals surface area contributed by atoms with Crippen molar-refractivity contribution >= 4 is 0 Å². The third-order valence-electron chi connectivity index (χ3n) is 6.54. The van der Waals surface area contributed by atoms with E-state index in [0.29, 0.717) is 0 Å². The highest BCUT2D eigenvalue weighted by molar-refractivity contribution is 5.10. The maximum Gasteiger partial charge on any atom is 0.0480 e. The summed E-state index contributed by atoms with van der Waals surface area (Å²) in [7, 11) is 2.32. The summed E-state index contributed by atoms with van der Waals surface area (Å²) in [5, 5.41) is 0. The quantitative estimate of drug-likeness (QED) is 0.849. The highest BCUT2D eigenvalue weighted by Gasteiger charge is 2.43. The average molecular weight is 329 g/mol. The summed E-state index contributed by atoms with van der Waals surface area (Å²) in [6.45, 7) is 5.60. The molecule has 0 N–H and O–H groups in total. The van der Waals surface area contributed by atoms with Crippen molar-refractivity contribution in [2.24, 2.45) is 11.8 Å². The van der Waals surface area contributed by atoms with Gasteiger partial charge in [-0.3, -0.25) is 14.8 Å². The first kappa shape index (κ1) is 16.5. The van der Waals surface area contributed by atoms with Crippen LogP contribution in [0.2, 0.25) is 0 Å². The molecule has 3 aliphatic rings. The van der Waals surface area contributed by atoms with Crippen molar-refractivity contribution < 1.29 is 4.74 Å². The summed E-state index contributed by atoms with van der Waals surface area (Å²) < 4.78 is 5.56. The zero-order valence-corrected chi connectivity index (χ0v) is 14.9. The summed E-state index contributed by atoms with van der Waals surface area (Å²) in [5.41, 5.74) is 1.38. The molecule has 0 amide bonds. The number of hydrogen-bond acceptors (Lipinski definition) is 4. The van der Waals surface area contributed by atoms with Crippen molar-refractivity contribution in [3.8, 4) is 0 Å². The Morgan fingerprint density at radius 2 is 1.92 bits per heavy atom. The molecule has 1 aromatic heterocycles. The van der Waals surface area contributed by atoms with Crippen LogP contribution in [0.5, 0.6) is 0 Å². The zero-order chi connectivity index (χ0) is 16.4. The van der Waals surface area contributed by atoms with Crippen LogP contribution in [-0.2, 0) is 11.3 Å². The molecule has 3 atom stereocenters. The number of fused-ring (bicyclic) bond motifs is 1. The van der Waals surface area contributed by atoms with E-state index in [0.717, 1.165) is 43.7 Å². The summed E-state index contributed by atoms with van der Waals surface area (Å²) in [4.78, 5) is 9.56. The lowest BCUT2D eigenvalue weighted by Crippen LogP contribution is -2.44. The van der Waals surface area contributed by atoms with Crippen LogP contribution in [0.1, 0.15) is 37.7 Å². The van der Waals surface area contributed by atoms with Crippen LogP contribution < -0.4 is 0 Å². The van der Waals surface area contributed by atoms with Crippen molar-refractivity contribution in [1.29, 1.82) is 0 Å². The minimum Gasteiger partial charge on any atom is -0.381 e. The second-order valence-corrected chi connectivity index (χ2v) is 7.99. The van der Waals surface area contributed by atoms with Gasteiger partial charge >= 0.3 is 0 Å². The average Bonchev–Trinajstić information content (AvgIpc) is 3.07. The fourth-order valence-electron chi connectivity index (χ4n) is 5.26. The van der Waals surface area contributed by atoms with Gasteiger partial charge in [0.25, 0.3) is 0 Å². The number of likely N-dealkylation sites (tertiary alicyclic amines) is 1. The molecule has 1 aromatic rings. The van der Waals surface area contributed by atoms with Crippen molar-refractivity contribution in [2.45, 2.75) is 50.7 Å². The minimum absolute atomic E-state index is 0.738. The third-order valence-corrected chi connectivity index (χ3v) is 6.54. The fraction of sp³-hybridized carbons (Fsp3) is 0.750. The van der Waals surface area contributed by atoms with Gasteiger partial charge in [-0.25, -0.2) is 0 Å². The second kappa shape index (κ2) is 7.51. The van der Waals surface area contributed by atoms with Crippen molar-refractivity contribution in [1.82, 2.24) is 14.8 Å². The molecule has 4 heteroatoms. The Labute approximate surface area is 146 Å². The molecule has 4 nitrogen and oxygen atoms in total. The number of aromatic nitrogens is 1.